The Bertz CT molecular complexity index is 825. The average molecular weight is 408 g/mol. The van der Waals surface area contributed by atoms with E-state index in [0.29, 0.717) is 33.7 Å². The molecule has 0 atom stereocenters. The molecule has 0 aromatic heterocycles. The van der Waals surface area contributed by atoms with Crippen molar-refractivity contribution >= 4 is 35.1 Å². The number of methoxy groups -OCH3 is 1. The van der Waals surface area contributed by atoms with Gasteiger partial charge in [-0.05, 0) is 36.5 Å². The van der Waals surface area contributed by atoms with Gasteiger partial charge in [0.2, 0.25) is 0 Å². The molecule has 8 heteroatoms. The minimum Gasteiger partial charge on any atom is -0.493 e. The molecule has 0 amide bonds. The Morgan fingerprint density at radius 2 is 2.11 bits per heavy atom. The van der Waals surface area contributed by atoms with E-state index < -0.39 is 5.82 Å². The Kier molecular flexibility index (Phi) is 8.03. The molecule has 0 saturated heterocycles. The van der Waals surface area contributed by atoms with Crippen molar-refractivity contribution in [2.45, 2.75) is 6.61 Å². The van der Waals surface area contributed by atoms with Gasteiger partial charge >= 0.3 is 0 Å². The van der Waals surface area contributed by atoms with Gasteiger partial charge in [-0.2, -0.15) is 5.10 Å². The van der Waals surface area contributed by atoms with E-state index in [1.807, 2.05) is 0 Å². The summed E-state index contributed by atoms with van der Waals surface area (Å²) in [6.07, 6.45) is 3.21. The van der Waals surface area contributed by atoms with Gasteiger partial charge in [-0.1, -0.05) is 29.8 Å². The Balaban J connectivity index is 2.17. The number of thiocarbonyl (C=S) groups is 1. The highest BCUT2D eigenvalue weighted by atomic mass is 35.5. The molecule has 0 saturated carbocycles. The predicted molar refractivity (Wildman–Crippen MR) is 110 cm³/mol. The van der Waals surface area contributed by atoms with E-state index in [4.69, 9.17) is 33.3 Å². The summed E-state index contributed by atoms with van der Waals surface area (Å²) >= 11 is 11.1. The topological polar surface area (TPSA) is 54.9 Å². The van der Waals surface area contributed by atoms with Crippen LogP contribution in [0.3, 0.4) is 0 Å². The number of para-hydroxylation sites is 1. The highest BCUT2D eigenvalue weighted by molar-refractivity contribution is 7.80. The zero-order valence-electron chi connectivity index (χ0n) is 14.7. The van der Waals surface area contributed by atoms with Crippen molar-refractivity contribution in [3.8, 4) is 11.5 Å². The Morgan fingerprint density at radius 3 is 2.81 bits per heavy atom. The van der Waals surface area contributed by atoms with E-state index in [9.17, 15) is 4.39 Å². The number of hydrogen-bond acceptors (Lipinski definition) is 4. The minimum atomic E-state index is -0.437. The number of benzene rings is 2. The van der Waals surface area contributed by atoms with E-state index in [0.717, 1.165) is 0 Å². The molecule has 0 bridgehead atoms. The number of rotatable bonds is 8. The largest absolute Gasteiger partial charge is 0.493 e. The van der Waals surface area contributed by atoms with E-state index in [1.165, 1.54) is 25.5 Å². The smallest absolute Gasteiger partial charge is 0.187 e. The van der Waals surface area contributed by atoms with Crippen LogP contribution in [0.5, 0.6) is 11.5 Å². The lowest BCUT2D eigenvalue weighted by Gasteiger charge is -2.14. The first-order valence-corrected chi connectivity index (χ1v) is 8.76. The van der Waals surface area contributed by atoms with Crippen LogP contribution in [0.4, 0.5) is 4.39 Å². The third kappa shape index (κ3) is 5.94. The van der Waals surface area contributed by atoms with E-state index in [2.05, 4.69) is 22.4 Å². The number of nitrogens with one attached hydrogen (secondary N) is 2. The first-order chi connectivity index (χ1) is 13.1. The summed E-state index contributed by atoms with van der Waals surface area (Å²) in [5, 5.41) is 7.61. The molecule has 2 aromatic carbocycles. The Labute approximate surface area is 167 Å². The van der Waals surface area contributed by atoms with Gasteiger partial charge in [0, 0.05) is 17.7 Å². The maximum absolute atomic E-state index is 14.0. The summed E-state index contributed by atoms with van der Waals surface area (Å²) in [5.41, 5.74) is 3.58. The fourth-order valence-corrected chi connectivity index (χ4v) is 2.48. The van der Waals surface area contributed by atoms with Crippen LogP contribution in [0, 0.1) is 5.82 Å². The van der Waals surface area contributed by atoms with Crippen molar-refractivity contribution in [2.24, 2.45) is 5.10 Å². The van der Waals surface area contributed by atoms with Crippen LogP contribution in [0.15, 0.2) is 54.2 Å². The van der Waals surface area contributed by atoms with Crippen LogP contribution in [-0.2, 0) is 6.61 Å². The van der Waals surface area contributed by atoms with Crippen molar-refractivity contribution in [1.29, 1.82) is 0 Å². The first-order valence-electron chi connectivity index (χ1n) is 7.97. The second-order valence-electron chi connectivity index (χ2n) is 5.24. The Morgan fingerprint density at radius 1 is 1.33 bits per heavy atom. The molecule has 0 spiro atoms. The highest BCUT2D eigenvalue weighted by Crippen LogP contribution is 2.31. The standard InChI is InChI=1S/C19H19ClFN3O2S/c1-3-10-22-19(27)24-23-11-13-6-4-9-17(25-2)18(13)26-12-14-15(20)7-5-8-16(14)21/h3-9,11H,1,10,12H2,2H3,(H2,22,24,27). The maximum atomic E-state index is 14.0. The molecule has 5 nitrogen and oxygen atoms in total. The third-order valence-corrected chi connectivity index (χ3v) is 4.02. The minimum absolute atomic E-state index is 0.0561. The number of halogens is 2. The molecule has 0 aliphatic heterocycles. The van der Waals surface area contributed by atoms with Crippen molar-refractivity contribution in [3.63, 3.8) is 0 Å². The zero-order valence-corrected chi connectivity index (χ0v) is 16.2. The van der Waals surface area contributed by atoms with E-state index >= 15 is 0 Å². The normalized spacial score (nSPS) is 10.5. The zero-order chi connectivity index (χ0) is 19.6. The van der Waals surface area contributed by atoms with Gasteiger partial charge in [-0.15, -0.1) is 6.58 Å². The van der Waals surface area contributed by atoms with Crippen molar-refractivity contribution in [2.75, 3.05) is 13.7 Å². The maximum Gasteiger partial charge on any atom is 0.187 e. The summed E-state index contributed by atoms with van der Waals surface area (Å²) in [5.74, 6) is 0.460. The molecule has 27 heavy (non-hydrogen) atoms. The lowest BCUT2D eigenvalue weighted by atomic mass is 10.2. The van der Waals surface area contributed by atoms with Gasteiger partial charge in [0.1, 0.15) is 12.4 Å². The van der Waals surface area contributed by atoms with E-state index in [-0.39, 0.29) is 12.2 Å². The van der Waals surface area contributed by atoms with Crippen molar-refractivity contribution in [3.05, 3.63) is 71.0 Å². The second-order valence-corrected chi connectivity index (χ2v) is 6.05. The first kappa shape index (κ1) is 20.7. The summed E-state index contributed by atoms with van der Waals surface area (Å²) in [6.45, 7) is 4.06. The lowest BCUT2D eigenvalue weighted by Crippen LogP contribution is -2.31. The van der Waals surface area contributed by atoms with Crippen LogP contribution in [0.1, 0.15) is 11.1 Å². The molecular formula is C19H19ClFN3O2S. The number of ether oxygens (including phenoxy) is 2. The van der Waals surface area contributed by atoms with Gasteiger partial charge in [0.15, 0.2) is 16.6 Å². The number of hydrogen-bond donors (Lipinski definition) is 2. The van der Waals surface area contributed by atoms with Gasteiger partial charge in [-0.3, -0.25) is 5.43 Å². The Hall–Kier alpha value is -2.64. The molecule has 2 N–H and O–H groups in total. The molecular weight excluding hydrogens is 389 g/mol. The van der Waals surface area contributed by atoms with Crippen LogP contribution in [0.2, 0.25) is 5.02 Å². The van der Waals surface area contributed by atoms with Crippen LogP contribution < -0.4 is 20.2 Å². The molecule has 0 fully saturated rings. The van der Waals surface area contributed by atoms with Gasteiger partial charge in [0.05, 0.1) is 18.3 Å². The van der Waals surface area contributed by atoms with Crippen LogP contribution in [0.25, 0.3) is 0 Å². The highest BCUT2D eigenvalue weighted by Gasteiger charge is 2.13. The van der Waals surface area contributed by atoms with Crippen LogP contribution in [-0.4, -0.2) is 25.0 Å². The van der Waals surface area contributed by atoms with Crippen molar-refractivity contribution < 1.29 is 13.9 Å². The molecule has 142 valence electrons. The molecule has 2 rings (SSSR count). The molecule has 0 heterocycles. The van der Waals surface area contributed by atoms with Crippen molar-refractivity contribution in [1.82, 2.24) is 10.7 Å². The summed E-state index contributed by atoms with van der Waals surface area (Å²) in [7, 11) is 1.52. The molecule has 0 unspecified atom stereocenters. The number of hydrazone groups is 1. The fraction of sp³-hybridized carbons (Fsp3) is 0.158. The molecule has 0 aliphatic rings. The lowest BCUT2D eigenvalue weighted by molar-refractivity contribution is 0.279. The van der Waals surface area contributed by atoms with Gasteiger partial charge < -0.3 is 14.8 Å². The quantitative estimate of drug-likeness (QED) is 0.299. The number of nitrogens with zero attached hydrogens (tertiary/aromatic N) is 1. The average Bonchev–Trinajstić information content (AvgIpc) is 2.66. The van der Waals surface area contributed by atoms with Gasteiger partial charge in [-0.25, -0.2) is 4.39 Å². The third-order valence-electron chi connectivity index (χ3n) is 3.43. The second kappa shape index (κ2) is 10.5. The SMILES string of the molecule is C=CCNC(=S)NN=Cc1cccc(OC)c1OCc1c(F)cccc1Cl. The van der Waals surface area contributed by atoms with E-state index in [1.54, 1.807) is 30.3 Å². The fourth-order valence-electron chi connectivity index (χ4n) is 2.13. The molecule has 0 aliphatic carbocycles. The predicted octanol–water partition coefficient (Wildman–Crippen LogP) is 4.05. The summed E-state index contributed by atoms with van der Waals surface area (Å²) in [6, 6.07) is 9.78. The van der Waals surface area contributed by atoms with Crippen LogP contribution >= 0.6 is 23.8 Å². The van der Waals surface area contributed by atoms with Gasteiger partial charge in [0.25, 0.3) is 0 Å². The summed E-state index contributed by atoms with van der Waals surface area (Å²) < 4.78 is 25.1. The molecule has 2 aromatic rings. The summed E-state index contributed by atoms with van der Waals surface area (Å²) in [4.78, 5) is 0. The monoisotopic (exact) mass is 407 g/mol. The molecule has 0 radical (unpaired) electrons.